The van der Waals surface area contributed by atoms with Crippen molar-refractivity contribution in [2.75, 3.05) is 39.6 Å². The second-order valence-electron chi connectivity index (χ2n) is 24.0. The first-order valence-corrected chi connectivity index (χ1v) is 37.1. The number of aliphatic hydroxyl groups is 1. The minimum absolute atomic E-state index is 0.104. The van der Waals surface area contributed by atoms with Gasteiger partial charge in [0.25, 0.3) is 0 Å². The first-order chi connectivity index (χ1) is 40.4. The van der Waals surface area contributed by atoms with Crippen molar-refractivity contribution in [3.63, 3.8) is 0 Å². The highest BCUT2D eigenvalue weighted by molar-refractivity contribution is 7.47. The van der Waals surface area contributed by atoms with Gasteiger partial charge < -0.3 is 33.8 Å². The van der Waals surface area contributed by atoms with Gasteiger partial charge in [-0.25, -0.2) is 9.13 Å². The monoisotopic (exact) mass is 1240 g/mol. The molecule has 0 aromatic rings. The van der Waals surface area contributed by atoms with Crippen molar-refractivity contribution in [3.05, 3.63) is 0 Å². The van der Waals surface area contributed by atoms with E-state index in [0.29, 0.717) is 25.7 Å². The van der Waals surface area contributed by atoms with E-state index in [0.717, 1.165) is 102 Å². The number of phosphoric ester groups is 2. The third-order valence-corrected chi connectivity index (χ3v) is 17.6. The summed E-state index contributed by atoms with van der Waals surface area (Å²) in [5.41, 5.74) is 0. The minimum Gasteiger partial charge on any atom is -0.462 e. The average molecular weight is 1240 g/mol. The molecule has 17 nitrogen and oxygen atoms in total. The molecule has 0 aliphatic rings. The fourth-order valence-corrected chi connectivity index (χ4v) is 11.2. The van der Waals surface area contributed by atoms with Crippen LogP contribution in [0.5, 0.6) is 0 Å². The Hall–Kier alpha value is -1.94. The van der Waals surface area contributed by atoms with E-state index in [9.17, 15) is 43.2 Å². The van der Waals surface area contributed by atoms with Gasteiger partial charge in [-0.2, -0.15) is 0 Å². The van der Waals surface area contributed by atoms with Crippen LogP contribution in [0, 0.1) is 11.8 Å². The third-order valence-electron chi connectivity index (χ3n) is 15.7. The van der Waals surface area contributed by atoms with Gasteiger partial charge in [-0.15, -0.1) is 0 Å². The lowest BCUT2D eigenvalue weighted by Gasteiger charge is -2.21. The van der Waals surface area contributed by atoms with Crippen LogP contribution in [0.1, 0.15) is 324 Å². The molecule has 4 unspecified atom stereocenters. The van der Waals surface area contributed by atoms with E-state index in [1.807, 2.05) is 0 Å². The van der Waals surface area contributed by atoms with Crippen molar-refractivity contribution in [2.45, 2.75) is 342 Å². The zero-order valence-corrected chi connectivity index (χ0v) is 56.0. The summed E-state index contributed by atoms with van der Waals surface area (Å²) in [6.07, 6.45) is 40.1. The molecule has 0 saturated heterocycles. The molecule has 19 heteroatoms. The van der Waals surface area contributed by atoms with Crippen molar-refractivity contribution >= 4 is 39.5 Å². The normalized spacial score (nSPS) is 14.9. The van der Waals surface area contributed by atoms with Crippen molar-refractivity contribution in [1.29, 1.82) is 0 Å². The second kappa shape index (κ2) is 57.5. The molecule has 3 N–H and O–H groups in total. The Kier molecular flexibility index (Phi) is 56.2. The average Bonchev–Trinajstić information content (AvgIpc) is 3.61. The second-order valence-corrected chi connectivity index (χ2v) is 26.9. The van der Waals surface area contributed by atoms with Gasteiger partial charge in [-0.05, 0) is 37.5 Å². The van der Waals surface area contributed by atoms with E-state index in [-0.39, 0.29) is 25.7 Å². The number of aliphatic hydroxyl groups excluding tert-OH is 1. The number of hydrogen-bond acceptors (Lipinski definition) is 15. The summed E-state index contributed by atoms with van der Waals surface area (Å²) in [6, 6.07) is 0. The quantitative estimate of drug-likeness (QED) is 0.0222. The number of rotatable bonds is 64. The molecule has 84 heavy (non-hydrogen) atoms. The van der Waals surface area contributed by atoms with Gasteiger partial charge in [0.1, 0.15) is 19.3 Å². The molecule has 0 aliphatic heterocycles. The summed E-state index contributed by atoms with van der Waals surface area (Å²) in [7, 11) is -9.89. The molecule has 0 radical (unpaired) electrons. The van der Waals surface area contributed by atoms with E-state index >= 15 is 0 Å². The Bertz CT molecular complexity index is 1650. The molecule has 0 saturated carbocycles. The molecular formula is C65H126O17P2. The van der Waals surface area contributed by atoms with E-state index in [2.05, 4.69) is 41.5 Å². The summed E-state index contributed by atoms with van der Waals surface area (Å²) in [4.78, 5) is 72.3. The molecule has 0 bridgehead atoms. The fourth-order valence-electron chi connectivity index (χ4n) is 9.64. The highest BCUT2D eigenvalue weighted by atomic mass is 31.2. The van der Waals surface area contributed by atoms with E-state index in [1.165, 1.54) is 141 Å². The van der Waals surface area contributed by atoms with Gasteiger partial charge in [0, 0.05) is 25.7 Å². The van der Waals surface area contributed by atoms with Crippen molar-refractivity contribution in [1.82, 2.24) is 0 Å². The van der Waals surface area contributed by atoms with Crippen LogP contribution in [-0.2, 0) is 65.4 Å². The van der Waals surface area contributed by atoms with Crippen LogP contribution in [0.25, 0.3) is 0 Å². The van der Waals surface area contributed by atoms with Crippen molar-refractivity contribution < 1.29 is 80.2 Å². The predicted octanol–water partition coefficient (Wildman–Crippen LogP) is 18.0. The Morgan fingerprint density at radius 3 is 0.845 bits per heavy atom. The van der Waals surface area contributed by atoms with Crippen LogP contribution < -0.4 is 0 Å². The Morgan fingerprint density at radius 1 is 0.333 bits per heavy atom. The Labute approximate surface area is 511 Å². The fraction of sp³-hybridized carbons (Fsp3) is 0.938. The maximum Gasteiger partial charge on any atom is 0.472 e. The summed E-state index contributed by atoms with van der Waals surface area (Å²) < 4.78 is 68.0. The molecule has 0 fully saturated rings. The van der Waals surface area contributed by atoms with Gasteiger partial charge in [0.2, 0.25) is 0 Å². The van der Waals surface area contributed by atoms with E-state index in [4.69, 9.17) is 37.0 Å². The van der Waals surface area contributed by atoms with Crippen LogP contribution in [0.2, 0.25) is 0 Å². The third kappa shape index (κ3) is 56.6. The van der Waals surface area contributed by atoms with Gasteiger partial charge in [0.05, 0.1) is 26.4 Å². The number of carbonyl (C=O) groups excluding carboxylic acids is 4. The molecule has 7 atom stereocenters. The molecule has 0 aromatic carbocycles. The number of esters is 4. The van der Waals surface area contributed by atoms with Gasteiger partial charge >= 0.3 is 39.5 Å². The van der Waals surface area contributed by atoms with Crippen molar-refractivity contribution in [2.24, 2.45) is 11.8 Å². The minimum atomic E-state index is -4.95. The smallest absolute Gasteiger partial charge is 0.462 e. The van der Waals surface area contributed by atoms with Gasteiger partial charge in [-0.3, -0.25) is 37.3 Å². The van der Waals surface area contributed by atoms with E-state index in [1.54, 1.807) is 0 Å². The highest BCUT2D eigenvalue weighted by Gasteiger charge is 2.30. The molecular weight excluding hydrogens is 1110 g/mol. The van der Waals surface area contributed by atoms with Crippen LogP contribution in [0.15, 0.2) is 0 Å². The van der Waals surface area contributed by atoms with Crippen LogP contribution in [0.4, 0.5) is 0 Å². The number of carbonyl (C=O) groups is 4. The summed E-state index contributed by atoms with van der Waals surface area (Å²) in [5, 5.41) is 10.5. The number of hydrogen-bond donors (Lipinski definition) is 3. The Balaban J connectivity index is 5.25. The molecule has 0 amide bonds. The molecule has 0 aromatic heterocycles. The number of ether oxygens (including phenoxy) is 4. The zero-order valence-electron chi connectivity index (χ0n) is 54.2. The highest BCUT2D eigenvalue weighted by Crippen LogP contribution is 2.45. The first-order valence-electron chi connectivity index (χ1n) is 34.1. The van der Waals surface area contributed by atoms with E-state index < -0.39 is 97.5 Å². The molecule has 0 spiro atoms. The van der Waals surface area contributed by atoms with Crippen LogP contribution in [-0.4, -0.2) is 96.7 Å². The number of phosphoric acid groups is 2. The molecule has 0 aliphatic carbocycles. The zero-order chi connectivity index (χ0) is 62.2. The lowest BCUT2D eigenvalue weighted by atomic mass is 9.99. The SMILES string of the molecule is CCCCCCCCCCCCC(=O)OC[C@H](COP(=O)(O)OC[C@H](O)COP(=O)(O)OC[C@@H](COC(=O)CCCCCCCCCCC(C)CC)OC(=O)CCCCCCCCCCC(C)CC)OC(=O)CCCCCCCCCCCC. The van der Waals surface area contributed by atoms with Crippen LogP contribution >= 0.6 is 15.6 Å². The predicted molar refractivity (Wildman–Crippen MR) is 335 cm³/mol. The van der Waals surface area contributed by atoms with Gasteiger partial charge in [-0.1, -0.05) is 273 Å². The first kappa shape index (κ1) is 82.1. The molecule has 0 rings (SSSR count). The maximum absolute atomic E-state index is 13.0. The summed E-state index contributed by atoms with van der Waals surface area (Å²) in [6.45, 7) is 9.49. The van der Waals surface area contributed by atoms with Gasteiger partial charge in [0.15, 0.2) is 12.2 Å². The lowest BCUT2D eigenvalue weighted by Crippen LogP contribution is -2.30. The van der Waals surface area contributed by atoms with Crippen LogP contribution in [0.3, 0.4) is 0 Å². The van der Waals surface area contributed by atoms with Crippen molar-refractivity contribution in [3.8, 4) is 0 Å². The number of unbranched alkanes of at least 4 members (excludes halogenated alkanes) is 32. The standard InChI is InChI=1S/C65H126O17P2/c1-7-11-13-15-17-19-21-29-35-41-47-62(67)75-53-60(81-64(69)49-43-37-31-22-20-18-16-14-12-8-2)55-79-83(71,72)77-51-59(66)52-78-84(73,74)80-56-61(82-65(70)50-44-38-32-26-24-28-34-40-46-58(6)10-4)54-76-63(68)48-42-36-30-25-23-27-33-39-45-57(5)9-3/h57-61,66H,7-56H2,1-6H3,(H,71,72)(H,73,74)/t57?,58?,59-,60+,61+/m0/s1. The largest absolute Gasteiger partial charge is 0.472 e. The summed E-state index contributed by atoms with van der Waals surface area (Å²) in [5.74, 6) is -0.586. The molecule has 0 heterocycles. The maximum atomic E-state index is 13.0. The summed E-state index contributed by atoms with van der Waals surface area (Å²) >= 11 is 0. The topological polar surface area (TPSA) is 237 Å². The molecule has 498 valence electrons. The Morgan fingerprint density at radius 2 is 0.571 bits per heavy atom. The lowest BCUT2D eigenvalue weighted by molar-refractivity contribution is -0.161.